The summed E-state index contributed by atoms with van der Waals surface area (Å²) in [5.41, 5.74) is 5.43. The number of nitrogens with two attached hydrogens (primary N) is 1. The highest BCUT2D eigenvalue weighted by atomic mass is 32.1. The summed E-state index contributed by atoms with van der Waals surface area (Å²) in [6.45, 7) is 1.18. The molecule has 1 aromatic rings. The molecule has 1 amide bonds. The van der Waals surface area contributed by atoms with Gasteiger partial charge in [-0.3, -0.25) is 4.79 Å². The lowest BCUT2D eigenvalue weighted by Crippen LogP contribution is -2.36. The average molecular weight is 301 g/mol. The number of nitrogens with zero attached hydrogens (tertiary/aromatic N) is 2. The van der Waals surface area contributed by atoms with Crippen LogP contribution in [0.1, 0.15) is 16.1 Å². The molecule has 0 aliphatic heterocycles. The number of thiophene rings is 1. The number of carbonyl (C=O) groups excluding carboxylic acids is 1. The molecule has 0 atom stereocenters. The van der Waals surface area contributed by atoms with Crippen LogP contribution in [-0.2, 0) is 4.74 Å². The topological polar surface area (TPSA) is 97.4 Å². The number of oxime groups is 1. The quantitative estimate of drug-likeness (QED) is 0.323. The first-order valence-corrected chi connectivity index (χ1v) is 6.88. The van der Waals surface area contributed by atoms with Gasteiger partial charge < -0.3 is 25.3 Å². The van der Waals surface area contributed by atoms with Gasteiger partial charge in [0.25, 0.3) is 5.91 Å². The van der Waals surface area contributed by atoms with Gasteiger partial charge in [0.15, 0.2) is 0 Å². The zero-order valence-corrected chi connectivity index (χ0v) is 12.4. The predicted molar refractivity (Wildman–Crippen MR) is 76.7 cm³/mol. The SMILES string of the molecule is COCCN(CC/C(N)=N/O)C(=O)c1sccc1OC. The summed E-state index contributed by atoms with van der Waals surface area (Å²) in [7, 11) is 3.09. The summed E-state index contributed by atoms with van der Waals surface area (Å²) in [4.78, 5) is 14.6. The molecule has 0 saturated heterocycles. The van der Waals surface area contributed by atoms with Gasteiger partial charge in [-0.1, -0.05) is 5.16 Å². The molecule has 1 heterocycles. The van der Waals surface area contributed by atoms with Crippen molar-refractivity contribution in [3.05, 3.63) is 16.3 Å². The molecule has 0 saturated carbocycles. The number of amides is 1. The maximum atomic E-state index is 12.5. The summed E-state index contributed by atoms with van der Waals surface area (Å²) < 4.78 is 10.1. The first-order valence-electron chi connectivity index (χ1n) is 6.00. The Kier molecular flexibility index (Phi) is 6.82. The molecule has 1 rings (SSSR count). The molecule has 20 heavy (non-hydrogen) atoms. The van der Waals surface area contributed by atoms with Crippen molar-refractivity contribution in [1.82, 2.24) is 4.90 Å². The van der Waals surface area contributed by atoms with E-state index in [0.717, 1.165) is 0 Å². The van der Waals surface area contributed by atoms with Crippen molar-refractivity contribution in [2.45, 2.75) is 6.42 Å². The average Bonchev–Trinajstić information content (AvgIpc) is 2.94. The van der Waals surface area contributed by atoms with Gasteiger partial charge in [-0.15, -0.1) is 11.3 Å². The largest absolute Gasteiger partial charge is 0.495 e. The Hall–Kier alpha value is -1.80. The minimum atomic E-state index is -0.153. The molecule has 0 bridgehead atoms. The normalized spacial score (nSPS) is 11.4. The second kappa shape index (κ2) is 8.39. The van der Waals surface area contributed by atoms with Gasteiger partial charge in [0.1, 0.15) is 16.5 Å². The lowest BCUT2D eigenvalue weighted by molar-refractivity contribution is 0.0702. The summed E-state index contributed by atoms with van der Waals surface area (Å²) in [5, 5.41) is 13.2. The van der Waals surface area contributed by atoms with Crippen LogP contribution in [0.5, 0.6) is 5.75 Å². The zero-order chi connectivity index (χ0) is 15.0. The van der Waals surface area contributed by atoms with Crippen LogP contribution in [0.3, 0.4) is 0 Å². The van der Waals surface area contributed by atoms with E-state index >= 15 is 0 Å². The molecule has 3 N–H and O–H groups in total. The van der Waals surface area contributed by atoms with E-state index in [0.29, 0.717) is 36.7 Å². The van der Waals surface area contributed by atoms with E-state index < -0.39 is 0 Å². The van der Waals surface area contributed by atoms with Gasteiger partial charge in [-0.25, -0.2) is 0 Å². The van der Waals surface area contributed by atoms with Gasteiger partial charge in [-0.05, 0) is 11.4 Å². The van der Waals surface area contributed by atoms with Crippen molar-refractivity contribution >= 4 is 23.1 Å². The summed E-state index contributed by atoms with van der Waals surface area (Å²) in [5.74, 6) is 0.476. The Morgan fingerprint density at radius 1 is 1.50 bits per heavy atom. The Morgan fingerprint density at radius 2 is 2.25 bits per heavy atom. The molecule has 0 aliphatic carbocycles. The fraction of sp³-hybridized carbons (Fsp3) is 0.500. The van der Waals surface area contributed by atoms with Crippen LogP contribution in [0, 0.1) is 0 Å². The zero-order valence-electron chi connectivity index (χ0n) is 11.5. The number of rotatable bonds is 8. The van der Waals surface area contributed by atoms with Gasteiger partial charge in [-0.2, -0.15) is 0 Å². The Balaban J connectivity index is 2.78. The highest BCUT2D eigenvalue weighted by Crippen LogP contribution is 2.25. The van der Waals surface area contributed by atoms with Gasteiger partial charge in [0.2, 0.25) is 0 Å². The van der Waals surface area contributed by atoms with Crippen molar-refractivity contribution in [3.8, 4) is 5.75 Å². The highest BCUT2D eigenvalue weighted by molar-refractivity contribution is 7.12. The van der Waals surface area contributed by atoms with E-state index in [1.807, 2.05) is 0 Å². The number of amidine groups is 1. The van der Waals surface area contributed by atoms with Crippen LogP contribution in [-0.4, -0.2) is 55.8 Å². The minimum absolute atomic E-state index is 0.0818. The summed E-state index contributed by atoms with van der Waals surface area (Å²) in [6.07, 6.45) is 0.291. The first-order chi connectivity index (χ1) is 9.63. The second-order valence-electron chi connectivity index (χ2n) is 3.94. The Morgan fingerprint density at radius 3 is 2.85 bits per heavy atom. The van der Waals surface area contributed by atoms with Crippen LogP contribution in [0.2, 0.25) is 0 Å². The number of carbonyl (C=O) groups is 1. The van der Waals surface area contributed by atoms with E-state index in [9.17, 15) is 4.79 Å². The third kappa shape index (κ3) is 4.39. The van der Waals surface area contributed by atoms with Gasteiger partial charge in [0, 0.05) is 26.6 Å². The fourth-order valence-corrected chi connectivity index (χ4v) is 2.40. The van der Waals surface area contributed by atoms with Crippen molar-refractivity contribution in [3.63, 3.8) is 0 Å². The Labute approximate surface area is 121 Å². The number of hydrogen-bond acceptors (Lipinski definition) is 6. The number of ether oxygens (including phenoxy) is 2. The molecular weight excluding hydrogens is 282 g/mol. The van der Waals surface area contributed by atoms with Crippen LogP contribution >= 0.6 is 11.3 Å². The molecule has 0 radical (unpaired) electrons. The van der Waals surface area contributed by atoms with Gasteiger partial charge >= 0.3 is 0 Å². The third-order valence-electron chi connectivity index (χ3n) is 2.66. The molecule has 0 unspecified atom stereocenters. The van der Waals surface area contributed by atoms with Crippen LogP contribution in [0.4, 0.5) is 0 Å². The van der Waals surface area contributed by atoms with E-state index in [1.165, 1.54) is 18.4 Å². The maximum Gasteiger partial charge on any atom is 0.267 e. The molecular formula is C12H19N3O4S. The van der Waals surface area contributed by atoms with E-state index in [-0.39, 0.29) is 11.7 Å². The van der Waals surface area contributed by atoms with Crippen LogP contribution < -0.4 is 10.5 Å². The molecule has 8 heteroatoms. The molecule has 0 spiro atoms. The number of methoxy groups -OCH3 is 2. The molecule has 1 aromatic heterocycles. The van der Waals surface area contributed by atoms with Crippen molar-refractivity contribution in [2.24, 2.45) is 10.9 Å². The molecule has 0 aliphatic rings. The minimum Gasteiger partial charge on any atom is -0.495 e. The van der Waals surface area contributed by atoms with E-state index in [4.69, 9.17) is 20.4 Å². The molecule has 0 fully saturated rings. The first kappa shape index (κ1) is 16.3. The van der Waals surface area contributed by atoms with Crippen LogP contribution in [0.25, 0.3) is 0 Å². The van der Waals surface area contributed by atoms with Gasteiger partial charge in [0.05, 0.1) is 13.7 Å². The molecule has 7 nitrogen and oxygen atoms in total. The number of hydrogen-bond donors (Lipinski definition) is 2. The highest BCUT2D eigenvalue weighted by Gasteiger charge is 2.21. The Bertz CT molecular complexity index is 461. The van der Waals surface area contributed by atoms with Crippen molar-refractivity contribution < 1.29 is 19.5 Å². The standard InChI is InChI=1S/C12H19N3O4S/c1-18-7-6-15(5-3-10(13)14-17)12(16)11-9(19-2)4-8-20-11/h4,8,17H,3,5-7H2,1-2H3,(H2,13,14). The lowest BCUT2D eigenvalue weighted by Gasteiger charge is -2.21. The van der Waals surface area contributed by atoms with Crippen molar-refractivity contribution in [1.29, 1.82) is 0 Å². The fourth-order valence-electron chi connectivity index (χ4n) is 1.57. The summed E-state index contributed by atoms with van der Waals surface area (Å²) in [6, 6.07) is 1.75. The van der Waals surface area contributed by atoms with Crippen molar-refractivity contribution in [2.75, 3.05) is 33.9 Å². The monoisotopic (exact) mass is 301 g/mol. The third-order valence-corrected chi connectivity index (χ3v) is 3.55. The molecule has 0 aromatic carbocycles. The van der Waals surface area contributed by atoms with E-state index in [2.05, 4.69) is 5.16 Å². The summed E-state index contributed by atoms with van der Waals surface area (Å²) >= 11 is 1.32. The second-order valence-corrected chi connectivity index (χ2v) is 4.86. The van der Waals surface area contributed by atoms with E-state index in [1.54, 1.807) is 23.5 Å². The molecule has 112 valence electrons. The smallest absolute Gasteiger partial charge is 0.267 e. The lowest BCUT2D eigenvalue weighted by atomic mass is 10.3. The van der Waals surface area contributed by atoms with Crippen LogP contribution in [0.15, 0.2) is 16.6 Å². The predicted octanol–water partition coefficient (Wildman–Crippen LogP) is 0.982. The maximum absolute atomic E-state index is 12.5.